The van der Waals surface area contributed by atoms with Gasteiger partial charge >= 0.3 is 18.0 Å². The van der Waals surface area contributed by atoms with Crippen LogP contribution in [0.5, 0.6) is 0 Å². The molecule has 11 heteroatoms. The fourth-order valence-electron chi connectivity index (χ4n) is 1.88. The van der Waals surface area contributed by atoms with E-state index in [9.17, 15) is 28.8 Å². The zero-order valence-electron chi connectivity index (χ0n) is 12.2. The van der Waals surface area contributed by atoms with Crippen molar-refractivity contribution in [3.63, 3.8) is 0 Å². The molecule has 3 N–H and O–H groups in total. The molecule has 2 rings (SSSR count). The molecule has 0 radical (unpaired) electrons. The Kier molecular flexibility index (Phi) is 5.24. The first-order chi connectivity index (χ1) is 11.3. The van der Waals surface area contributed by atoms with E-state index in [1.165, 1.54) is 0 Å². The Bertz CT molecular complexity index is 587. The molecule has 128 valence electrons. The highest BCUT2D eigenvalue weighted by Gasteiger charge is 2.31. The Morgan fingerprint density at radius 1 is 0.958 bits per heavy atom. The molecule has 0 saturated carbocycles. The van der Waals surface area contributed by atoms with Crippen LogP contribution in [-0.2, 0) is 33.4 Å². The summed E-state index contributed by atoms with van der Waals surface area (Å²) in [4.78, 5) is 67.0. The number of hydrogen-bond acceptors (Lipinski definition) is 8. The van der Waals surface area contributed by atoms with E-state index in [1.54, 1.807) is 0 Å². The monoisotopic (exact) mass is 339 g/mol. The topological polar surface area (TPSA) is 157 Å². The molecule has 24 heavy (non-hydrogen) atoms. The Morgan fingerprint density at radius 3 is 2.00 bits per heavy atom. The van der Waals surface area contributed by atoms with Crippen LogP contribution in [0.4, 0.5) is 4.79 Å². The van der Waals surface area contributed by atoms with Crippen LogP contribution in [-0.4, -0.2) is 60.9 Å². The molecule has 2 fully saturated rings. The predicted molar refractivity (Wildman–Crippen MR) is 73.1 cm³/mol. The number of carbonyl (C=O) groups is 6. The van der Waals surface area contributed by atoms with Crippen molar-refractivity contribution in [1.29, 1.82) is 0 Å². The lowest BCUT2D eigenvalue weighted by molar-refractivity contribution is -0.142. The smallest absolute Gasteiger partial charge is 0.331 e. The maximum Gasteiger partial charge on any atom is 0.331 e. The molecule has 2 aliphatic heterocycles. The molecule has 2 saturated heterocycles. The van der Waals surface area contributed by atoms with Gasteiger partial charge in [0.15, 0.2) is 5.78 Å². The number of urea groups is 1. The zero-order valence-corrected chi connectivity index (χ0v) is 12.2. The molecule has 0 aromatic heterocycles. The highest BCUT2D eigenvalue weighted by Crippen LogP contribution is 2.03. The van der Waals surface area contributed by atoms with Crippen molar-refractivity contribution in [3.05, 3.63) is 12.2 Å². The van der Waals surface area contributed by atoms with Crippen molar-refractivity contribution in [2.75, 3.05) is 13.2 Å². The van der Waals surface area contributed by atoms with E-state index in [2.05, 4.69) is 15.4 Å². The Hall–Kier alpha value is -3.24. The molecule has 0 aliphatic carbocycles. The summed E-state index contributed by atoms with van der Waals surface area (Å²) in [7, 11) is 0. The number of ketones is 1. The van der Waals surface area contributed by atoms with Gasteiger partial charge in [-0.05, 0) is 0 Å². The summed E-state index contributed by atoms with van der Waals surface area (Å²) in [6.07, 6.45) is 1.29. The molecule has 4 amide bonds. The van der Waals surface area contributed by atoms with Crippen molar-refractivity contribution in [1.82, 2.24) is 16.0 Å². The van der Waals surface area contributed by atoms with Crippen LogP contribution >= 0.6 is 0 Å². The normalized spacial score (nSPS) is 23.0. The number of hydrogen-bond donors (Lipinski definition) is 3. The molecule has 11 nitrogen and oxygen atoms in total. The average molecular weight is 339 g/mol. The van der Waals surface area contributed by atoms with Crippen LogP contribution in [0, 0.1) is 0 Å². The van der Waals surface area contributed by atoms with Crippen molar-refractivity contribution in [2.24, 2.45) is 0 Å². The van der Waals surface area contributed by atoms with Crippen LogP contribution in [0.25, 0.3) is 0 Å². The second-order valence-electron chi connectivity index (χ2n) is 4.87. The minimum Gasteiger partial charge on any atom is -0.460 e. The van der Waals surface area contributed by atoms with Crippen LogP contribution in [0.2, 0.25) is 0 Å². The number of esters is 2. The van der Waals surface area contributed by atoms with Crippen LogP contribution < -0.4 is 16.0 Å². The van der Waals surface area contributed by atoms with E-state index in [1.807, 2.05) is 5.32 Å². The molecule has 2 atom stereocenters. The SMILES string of the molecule is O=C1CC(=O)C(COC(=O)/C=C/C(=O)OCC2NC(=O)NC2=O)N1. The third-order valence-corrected chi connectivity index (χ3v) is 3.06. The summed E-state index contributed by atoms with van der Waals surface area (Å²) in [5.41, 5.74) is 0. The minimum atomic E-state index is -0.987. The number of ether oxygens (including phenoxy) is 2. The van der Waals surface area contributed by atoms with E-state index in [0.29, 0.717) is 0 Å². The summed E-state index contributed by atoms with van der Waals surface area (Å²) in [5, 5.41) is 6.51. The van der Waals surface area contributed by atoms with Gasteiger partial charge < -0.3 is 20.1 Å². The first-order valence-corrected chi connectivity index (χ1v) is 6.80. The number of rotatable bonds is 6. The zero-order chi connectivity index (χ0) is 17.7. The molecular weight excluding hydrogens is 326 g/mol. The lowest BCUT2D eigenvalue weighted by atomic mass is 10.2. The molecule has 2 aliphatic rings. The van der Waals surface area contributed by atoms with Gasteiger partial charge in [-0.15, -0.1) is 0 Å². The van der Waals surface area contributed by atoms with Crippen LogP contribution in [0.15, 0.2) is 12.2 Å². The van der Waals surface area contributed by atoms with Crippen molar-refractivity contribution >= 4 is 35.6 Å². The predicted octanol–water partition coefficient (Wildman–Crippen LogP) is -2.71. The Labute approximate surface area is 134 Å². The third-order valence-electron chi connectivity index (χ3n) is 3.06. The molecule has 0 spiro atoms. The van der Waals surface area contributed by atoms with E-state index in [0.717, 1.165) is 12.2 Å². The molecule has 0 aromatic carbocycles. The maximum absolute atomic E-state index is 11.4. The minimum absolute atomic E-state index is 0.254. The lowest BCUT2D eigenvalue weighted by Crippen LogP contribution is -2.34. The summed E-state index contributed by atoms with van der Waals surface area (Å²) >= 11 is 0. The first-order valence-electron chi connectivity index (χ1n) is 6.80. The van der Waals surface area contributed by atoms with Gasteiger partial charge in [-0.25, -0.2) is 14.4 Å². The molecular formula is C13H13N3O8. The van der Waals surface area contributed by atoms with E-state index in [-0.39, 0.29) is 18.8 Å². The molecule has 2 heterocycles. The van der Waals surface area contributed by atoms with Crippen molar-refractivity contribution < 1.29 is 38.2 Å². The highest BCUT2D eigenvalue weighted by atomic mass is 16.5. The highest BCUT2D eigenvalue weighted by molar-refractivity contribution is 6.07. The number of nitrogens with one attached hydrogen (secondary N) is 3. The maximum atomic E-state index is 11.4. The molecule has 0 bridgehead atoms. The lowest BCUT2D eigenvalue weighted by Gasteiger charge is -2.08. The van der Waals surface area contributed by atoms with Gasteiger partial charge in [-0.2, -0.15) is 0 Å². The van der Waals surface area contributed by atoms with Crippen molar-refractivity contribution in [2.45, 2.75) is 18.5 Å². The average Bonchev–Trinajstić information content (AvgIpc) is 3.01. The summed E-state index contributed by atoms with van der Waals surface area (Å²) in [5.74, 6) is -3.28. The number of amides is 4. The fourth-order valence-corrected chi connectivity index (χ4v) is 1.88. The van der Waals surface area contributed by atoms with Gasteiger partial charge in [-0.3, -0.25) is 19.7 Å². The quantitative estimate of drug-likeness (QED) is 0.204. The van der Waals surface area contributed by atoms with Gasteiger partial charge in [0.1, 0.15) is 25.3 Å². The van der Waals surface area contributed by atoms with E-state index < -0.39 is 48.5 Å². The number of carbonyl (C=O) groups excluding carboxylic acids is 6. The fraction of sp³-hybridized carbons (Fsp3) is 0.385. The van der Waals surface area contributed by atoms with Crippen LogP contribution in [0.3, 0.4) is 0 Å². The molecule has 0 aromatic rings. The second kappa shape index (κ2) is 7.35. The van der Waals surface area contributed by atoms with Gasteiger partial charge in [-0.1, -0.05) is 0 Å². The Morgan fingerprint density at radius 2 is 1.54 bits per heavy atom. The number of Topliss-reactive ketones (excluding diaryl/α,β-unsaturated/α-hetero) is 1. The summed E-state index contributed by atoms with van der Waals surface area (Å²) in [6, 6.07) is -2.56. The molecule has 2 unspecified atom stereocenters. The standard InChI is InChI=1S/C13H13N3O8/c17-8-3-9(18)14-6(8)4-23-10(19)1-2-11(20)24-5-7-12(21)16-13(22)15-7/h1-2,6-7H,3-5H2,(H,14,18)(H2,15,16,21,22)/b2-1+. The van der Waals surface area contributed by atoms with Gasteiger partial charge in [0.05, 0.1) is 6.42 Å². The van der Waals surface area contributed by atoms with Gasteiger partial charge in [0.25, 0.3) is 5.91 Å². The van der Waals surface area contributed by atoms with Crippen LogP contribution in [0.1, 0.15) is 6.42 Å². The van der Waals surface area contributed by atoms with Gasteiger partial charge in [0.2, 0.25) is 5.91 Å². The largest absolute Gasteiger partial charge is 0.460 e. The summed E-state index contributed by atoms with van der Waals surface area (Å²) in [6.45, 7) is -0.727. The van der Waals surface area contributed by atoms with E-state index >= 15 is 0 Å². The number of imide groups is 1. The van der Waals surface area contributed by atoms with Crippen molar-refractivity contribution in [3.8, 4) is 0 Å². The summed E-state index contributed by atoms with van der Waals surface area (Å²) < 4.78 is 9.40. The van der Waals surface area contributed by atoms with Gasteiger partial charge in [0, 0.05) is 12.2 Å². The second-order valence-corrected chi connectivity index (χ2v) is 4.87. The van der Waals surface area contributed by atoms with E-state index in [4.69, 9.17) is 4.74 Å². The Balaban J connectivity index is 1.68. The first kappa shape index (κ1) is 17.1. The third kappa shape index (κ3) is 4.63.